The summed E-state index contributed by atoms with van der Waals surface area (Å²) in [6.07, 6.45) is 6.73. The lowest BCUT2D eigenvalue weighted by Gasteiger charge is -2.33. The van der Waals surface area contributed by atoms with Crippen molar-refractivity contribution < 1.29 is 8.94 Å². The normalized spacial score (nSPS) is 19.0. The fraction of sp³-hybridized carbons (Fsp3) is 0.438. The van der Waals surface area contributed by atoms with Crippen LogP contribution in [-0.4, -0.2) is 28.2 Å². The summed E-state index contributed by atoms with van der Waals surface area (Å²) in [5, 5.41) is 5.10. The Labute approximate surface area is 128 Å². The zero-order valence-corrected chi connectivity index (χ0v) is 12.5. The Morgan fingerprint density at radius 1 is 1.36 bits per heavy atom. The van der Waals surface area contributed by atoms with Crippen LogP contribution in [0.3, 0.4) is 0 Å². The third kappa shape index (κ3) is 2.45. The molecule has 3 aromatic heterocycles. The van der Waals surface area contributed by atoms with Crippen molar-refractivity contribution in [1.29, 1.82) is 0 Å². The van der Waals surface area contributed by atoms with Gasteiger partial charge in [-0.1, -0.05) is 5.16 Å². The van der Waals surface area contributed by atoms with Gasteiger partial charge in [-0.3, -0.25) is 0 Å². The predicted molar refractivity (Wildman–Crippen MR) is 81.7 cm³/mol. The lowest BCUT2D eigenvalue weighted by atomic mass is 9.94. The van der Waals surface area contributed by atoms with Crippen LogP contribution in [0.15, 0.2) is 33.5 Å². The van der Waals surface area contributed by atoms with Crippen LogP contribution >= 0.6 is 0 Å². The van der Waals surface area contributed by atoms with Gasteiger partial charge in [0.15, 0.2) is 5.82 Å². The number of fused-ring (bicyclic) bond motifs is 1. The van der Waals surface area contributed by atoms with Gasteiger partial charge in [0.1, 0.15) is 11.4 Å². The van der Waals surface area contributed by atoms with Gasteiger partial charge >= 0.3 is 0 Å². The van der Waals surface area contributed by atoms with Crippen LogP contribution in [0, 0.1) is 12.8 Å². The molecule has 4 heterocycles. The monoisotopic (exact) mass is 298 g/mol. The molecule has 1 atom stereocenters. The maximum absolute atomic E-state index is 5.48. The van der Waals surface area contributed by atoms with E-state index in [1.807, 2.05) is 25.3 Å². The van der Waals surface area contributed by atoms with Gasteiger partial charge in [0, 0.05) is 32.6 Å². The van der Waals surface area contributed by atoms with E-state index in [0.29, 0.717) is 11.8 Å². The number of hydrogen-bond donors (Lipinski definition) is 0. The average Bonchev–Trinajstić information content (AvgIpc) is 3.16. The van der Waals surface area contributed by atoms with Crippen molar-refractivity contribution in [1.82, 2.24) is 15.1 Å². The molecule has 0 radical (unpaired) electrons. The number of aryl methyl sites for hydroxylation is 1. The molecule has 0 N–H and O–H groups in total. The predicted octanol–water partition coefficient (Wildman–Crippen LogP) is 2.98. The number of furan rings is 1. The molecule has 1 saturated heterocycles. The number of nitrogens with zero attached hydrogens (tertiary/aromatic N) is 4. The molecule has 6 nitrogen and oxygen atoms in total. The first-order valence-corrected chi connectivity index (χ1v) is 7.66. The number of hydrogen-bond acceptors (Lipinski definition) is 6. The van der Waals surface area contributed by atoms with Crippen LogP contribution in [0.2, 0.25) is 0 Å². The quantitative estimate of drug-likeness (QED) is 0.740. The maximum atomic E-state index is 5.48. The first-order chi connectivity index (χ1) is 10.8. The van der Waals surface area contributed by atoms with Crippen LogP contribution in [0.4, 0.5) is 5.82 Å². The Hall–Kier alpha value is -2.37. The molecule has 0 spiro atoms. The van der Waals surface area contributed by atoms with Crippen LogP contribution in [0.1, 0.15) is 24.6 Å². The second-order valence-electron chi connectivity index (χ2n) is 5.85. The lowest BCUT2D eigenvalue weighted by Crippen LogP contribution is -2.37. The van der Waals surface area contributed by atoms with Gasteiger partial charge in [0.25, 0.3) is 0 Å². The molecule has 0 amide bonds. The second-order valence-corrected chi connectivity index (χ2v) is 5.85. The van der Waals surface area contributed by atoms with Gasteiger partial charge in [-0.25, -0.2) is 4.98 Å². The molecule has 6 heteroatoms. The molecule has 0 aliphatic carbocycles. The summed E-state index contributed by atoms with van der Waals surface area (Å²) < 4.78 is 10.5. The number of aromatic nitrogens is 3. The standard InChI is InChI=1S/C16H18N4O2/c1-11-18-15(19-22-11)9-12-3-2-7-20(10-12)16-13-5-8-21-14(13)4-6-17-16/h4-6,8,12H,2-3,7,9-10H2,1H3/t12-/m1/s1. The third-order valence-electron chi connectivity index (χ3n) is 4.22. The molecule has 4 rings (SSSR count). The SMILES string of the molecule is Cc1nc(C[C@H]2CCCN(c3nccc4occc34)C2)no1. The zero-order chi connectivity index (χ0) is 14.9. The van der Waals surface area contributed by atoms with Crippen LogP contribution < -0.4 is 4.90 Å². The fourth-order valence-electron chi connectivity index (χ4n) is 3.24. The van der Waals surface area contributed by atoms with E-state index in [-0.39, 0.29) is 0 Å². The van der Waals surface area contributed by atoms with E-state index < -0.39 is 0 Å². The second kappa shape index (κ2) is 5.44. The topological polar surface area (TPSA) is 68.2 Å². The smallest absolute Gasteiger partial charge is 0.223 e. The van der Waals surface area contributed by atoms with Crippen molar-refractivity contribution in [2.24, 2.45) is 5.92 Å². The summed E-state index contributed by atoms with van der Waals surface area (Å²) in [4.78, 5) is 11.2. The van der Waals surface area contributed by atoms with Crippen molar-refractivity contribution in [2.75, 3.05) is 18.0 Å². The Morgan fingerprint density at radius 3 is 3.18 bits per heavy atom. The zero-order valence-electron chi connectivity index (χ0n) is 12.5. The van der Waals surface area contributed by atoms with Gasteiger partial charge in [0.05, 0.1) is 11.6 Å². The van der Waals surface area contributed by atoms with E-state index in [2.05, 4.69) is 20.0 Å². The van der Waals surface area contributed by atoms with Gasteiger partial charge in [-0.15, -0.1) is 0 Å². The van der Waals surface area contributed by atoms with Crippen molar-refractivity contribution in [3.63, 3.8) is 0 Å². The Kier molecular flexibility index (Phi) is 3.29. The van der Waals surface area contributed by atoms with E-state index in [1.165, 1.54) is 6.42 Å². The molecule has 0 bridgehead atoms. The molecule has 114 valence electrons. The van der Waals surface area contributed by atoms with E-state index in [1.54, 1.807) is 6.26 Å². The summed E-state index contributed by atoms with van der Waals surface area (Å²) in [6, 6.07) is 3.90. The molecule has 0 saturated carbocycles. The van der Waals surface area contributed by atoms with E-state index >= 15 is 0 Å². The molecule has 3 aromatic rings. The highest BCUT2D eigenvalue weighted by molar-refractivity contribution is 5.88. The summed E-state index contributed by atoms with van der Waals surface area (Å²) in [6.45, 7) is 3.82. The first-order valence-electron chi connectivity index (χ1n) is 7.66. The van der Waals surface area contributed by atoms with Crippen LogP contribution in [0.5, 0.6) is 0 Å². The molecular weight excluding hydrogens is 280 g/mol. The number of rotatable bonds is 3. The highest BCUT2D eigenvalue weighted by Gasteiger charge is 2.24. The third-order valence-corrected chi connectivity index (χ3v) is 4.22. The summed E-state index contributed by atoms with van der Waals surface area (Å²) in [5.41, 5.74) is 0.890. The highest BCUT2D eigenvalue weighted by atomic mass is 16.5. The van der Waals surface area contributed by atoms with E-state index in [0.717, 1.165) is 48.5 Å². The van der Waals surface area contributed by atoms with Crippen molar-refractivity contribution in [3.8, 4) is 0 Å². The average molecular weight is 298 g/mol. The number of pyridine rings is 1. The Balaban J connectivity index is 1.54. The summed E-state index contributed by atoms with van der Waals surface area (Å²) >= 11 is 0. The fourth-order valence-corrected chi connectivity index (χ4v) is 3.24. The minimum atomic E-state index is 0.523. The molecule has 1 aliphatic rings. The number of piperidine rings is 1. The van der Waals surface area contributed by atoms with Crippen molar-refractivity contribution >= 4 is 16.8 Å². The molecule has 1 fully saturated rings. The van der Waals surface area contributed by atoms with E-state index in [9.17, 15) is 0 Å². The summed E-state index contributed by atoms with van der Waals surface area (Å²) in [5.74, 6) is 2.97. The minimum Gasteiger partial charge on any atom is -0.464 e. The Morgan fingerprint density at radius 2 is 2.32 bits per heavy atom. The largest absolute Gasteiger partial charge is 0.464 e. The molecule has 22 heavy (non-hydrogen) atoms. The highest BCUT2D eigenvalue weighted by Crippen LogP contribution is 2.29. The van der Waals surface area contributed by atoms with Crippen LogP contribution in [0.25, 0.3) is 11.0 Å². The maximum Gasteiger partial charge on any atom is 0.223 e. The Bertz CT molecular complexity index is 779. The lowest BCUT2D eigenvalue weighted by molar-refractivity contribution is 0.369. The van der Waals surface area contributed by atoms with Crippen LogP contribution in [-0.2, 0) is 6.42 Å². The van der Waals surface area contributed by atoms with Gasteiger partial charge < -0.3 is 13.8 Å². The van der Waals surface area contributed by atoms with Gasteiger partial charge in [-0.05, 0) is 30.9 Å². The minimum absolute atomic E-state index is 0.523. The molecule has 1 aliphatic heterocycles. The van der Waals surface area contributed by atoms with Gasteiger partial charge in [-0.2, -0.15) is 4.98 Å². The number of anilines is 1. The van der Waals surface area contributed by atoms with Crippen molar-refractivity contribution in [3.05, 3.63) is 36.3 Å². The molecular formula is C16H18N4O2. The van der Waals surface area contributed by atoms with E-state index in [4.69, 9.17) is 8.94 Å². The van der Waals surface area contributed by atoms with Crippen molar-refractivity contribution in [2.45, 2.75) is 26.2 Å². The summed E-state index contributed by atoms with van der Waals surface area (Å²) in [7, 11) is 0. The molecule has 0 unspecified atom stereocenters. The first kappa shape index (κ1) is 13.3. The molecule has 0 aromatic carbocycles. The van der Waals surface area contributed by atoms with Gasteiger partial charge in [0.2, 0.25) is 5.89 Å².